The molecule has 0 aliphatic heterocycles. The first-order valence-electron chi connectivity index (χ1n) is 7.03. The van der Waals surface area contributed by atoms with E-state index in [0.29, 0.717) is 5.56 Å². The second-order valence-electron chi connectivity index (χ2n) is 5.22. The lowest BCUT2D eigenvalue weighted by molar-refractivity contribution is 0.0599. The zero-order valence-electron chi connectivity index (χ0n) is 12.2. The summed E-state index contributed by atoms with van der Waals surface area (Å²) in [7, 11) is 1.42. The number of hydrogen-bond donors (Lipinski definition) is 0. The van der Waals surface area contributed by atoms with Crippen LogP contribution in [0.5, 0.6) is 0 Å². The van der Waals surface area contributed by atoms with Crippen LogP contribution in [-0.2, 0) is 11.2 Å². The zero-order valence-corrected chi connectivity index (χ0v) is 12.2. The average molecular weight is 279 g/mol. The van der Waals surface area contributed by atoms with E-state index in [1.54, 1.807) is 0 Å². The summed E-state index contributed by atoms with van der Waals surface area (Å²) in [6, 6.07) is 9.92. The molecule has 0 atom stereocenters. The van der Waals surface area contributed by atoms with Crippen molar-refractivity contribution in [3.05, 3.63) is 64.5 Å². The average Bonchev–Trinajstić information content (AvgIpc) is 2.53. The first kappa shape index (κ1) is 13.6. The maximum Gasteiger partial charge on any atom is 0.338 e. The third-order valence-corrected chi connectivity index (χ3v) is 3.86. The molecule has 106 valence electrons. The Balaban J connectivity index is 2.04. The number of hydrogen-bond acceptors (Lipinski definition) is 3. The minimum Gasteiger partial charge on any atom is -0.465 e. The Kier molecular flexibility index (Phi) is 3.57. The highest BCUT2D eigenvalue weighted by Crippen LogP contribution is 2.32. The van der Waals surface area contributed by atoms with Crippen molar-refractivity contribution in [1.29, 1.82) is 0 Å². The van der Waals surface area contributed by atoms with Crippen LogP contribution in [-0.4, -0.2) is 18.1 Å². The molecular weight excluding hydrogens is 262 g/mol. The van der Waals surface area contributed by atoms with Crippen LogP contribution in [0.15, 0.2) is 36.5 Å². The van der Waals surface area contributed by atoms with E-state index in [-0.39, 0.29) is 5.97 Å². The second kappa shape index (κ2) is 5.52. The summed E-state index contributed by atoms with van der Waals surface area (Å²) in [4.78, 5) is 16.1. The molecule has 1 aliphatic rings. The Bertz CT molecular complexity index is 732. The van der Waals surface area contributed by atoms with Gasteiger partial charge in [0.25, 0.3) is 0 Å². The van der Waals surface area contributed by atoms with E-state index >= 15 is 0 Å². The Morgan fingerprint density at radius 3 is 2.86 bits per heavy atom. The molecule has 1 aromatic carbocycles. The van der Waals surface area contributed by atoms with E-state index in [9.17, 15) is 4.79 Å². The van der Waals surface area contributed by atoms with Crippen LogP contribution >= 0.6 is 0 Å². The molecule has 0 radical (unpaired) electrons. The van der Waals surface area contributed by atoms with Gasteiger partial charge in [0.1, 0.15) is 0 Å². The van der Waals surface area contributed by atoms with Crippen molar-refractivity contribution in [2.24, 2.45) is 0 Å². The number of carbonyl (C=O) groups excluding carboxylic acids is 1. The summed E-state index contributed by atoms with van der Waals surface area (Å²) in [5.41, 5.74) is 6.37. The first-order valence-corrected chi connectivity index (χ1v) is 7.03. The number of methoxy groups -OCH3 is 1. The molecule has 1 heterocycles. The second-order valence-corrected chi connectivity index (χ2v) is 5.22. The fourth-order valence-electron chi connectivity index (χ4n) is 2.81. The molecule has 1 aliphatic carbocycles. The number of rotatable bonds is 2. The molecule has 0 fully saturated rings. The molecule has 21 heavy (non-hydrogen) atoms. The molecule has 3 rings (SSSR count). The largest absolute Gasteiger partial charge is 0.465 e. The summed E-state index contributed by atoms with van der Waals surface area (Å²) < 4.78 is 4.86. The standard InChI is InChI=1S/C18H17NO2/c1-12-10-14(8-9-19-12)13-6-7-16-15(11-13)4-3-5-17(16)18(20)21-2/h3-5,8-11H,6-7H2,1-2H3. The Labute approximate surface area is 124 Å². The quantitative estimate of drug-likeness (QED) is 0.787. The maximum atomic E-state index is 11.8. The lowest BCUT2D eigenvalue weighted by Gasteiger charge is -2.19. The van der Waals surface area contributed by atoms with Crippen molar-refractivity contribution in [1.82, 2.24) is 4.98 Å². The third kappa shape index (κ3) is 2.59. The van der Waals surface area contributed by atoms with Crippen LogP contribution in [0, 0.1) is 6.92 Å². The Hall–Kier alpha value is -2.42. The van der Waals surface area contributed by atoms with Crippen molar-refractivity contribution in [2.45, 2.75) is 19.8 Å². The van der Waals surface area contributed by atoms with Gasteiger partial charge < -0.3 is 4.74 Å². The topological polar surface area (TPSA) is 39.2 Å². The summed E-state index contributed by atoms with van der Waals surface area (Å²) in [5, 5.41) is 0. The van der Waals surface area contributed by atoms with Crippen LogP contribution in [0.25, 0.3) is 11.6 Å². The molecule has 0 unspecified atom stereocenters. The van der Waals surface area contributed by atoms with Gasteiger partial charge in [0.2, 0.25) is 0 Å². The molecule has 0 saturated carbocycles. The molecule has 3 nitrogen and oxygen atoms in total. The molecule has 1 aromatic heterocycles. The molecule has 0 amide bonds. The molecule has 2 aromatic rings. The SMILES string of the molecule is COC(=O)c1cccc2c1CCC(c1ccnc(C)c1)=C2. The highest BCUT2D eigenvalue weighted by molar-refractivity contribution is 5.94. The van der Waals surface area contributed by atoms with Gasteiger partial charge in [0, 0.05) is 11.9 Å². The fourth-order valence-corrected chi connectivity index (χ4v) is 2.81. The van der Waals surface area contributed by atoms with Crippen molar-refractivity contribution in [3.63, 3.8) is 0 Å². The predicted octanol–water partition coefficient (Wildman–Crippen LogP) is 3.66. The van der Waals surface area contributed by atoms with Gasteiger partial charge in [0.05, 0.1) is 12.7 Å². The van der Waals surface area contributed by atoms with E-state index in [2.05, 4.69) is 23.2 Å². The number of pyridine rings is 1. The number of aromatic nitrogens is 1. The lowest BCUT2D eigenvalue weighted by atomic mass is 9.86. The summed E-state index contributed by atoms with van der Waals surface area (Å²) >= 11 is 0. The number of aryl methyl sites for hydroxylation is 1. The van der Waals surface area contributed by atoms with Crippen LogP contribution in [0.4, 0.5) is 0 Å². The van der Waals surface area contributed by atoms with Gasteiger partial charge in [-0.3, -0.25) is 4.98 Å². The van der Waals surface area contributed by atoms with Crippen LogP contribution in [0.1, 0.15) is 39.2 Å². The van der Waals surface area contributed by atoms with Gasteiger partial charge in [-0.05, 0) is 60.2 Å². The molecule has 0 saturated heterocycles. The van der Waals surface area contributed by atoms with Gasteiger partial charge in [0.15, 0.2) is 0 Å². The molecule has 0 spiro atoms. The van der Waals surface area contributed by atoms with E-state index < -0.39 is 0 Å². The number of ether oxygens (including phenoxy) is 1. The van der Waals surface area contributed by atoms with Gasteiger partial charge in [-0.15, -0.1) is 0 Å². The van der Waals surface area contributed by atoms with Gasteiger partial charge in [-0.25, -0.2) is 4.79 Å². The minimum absolute atomic E-state index is 0.261. The minimum atomic E-state index is -0.261. The first-order chi connectivity index (χ1) is 10.2. The highest BCUT2D eigenvalue weighted by Gasteiger charge is 2.18. The maximum absolute atomic E-state index is 11.8. The predicted molar refractivity (Wildman–Crippen MR) is 82.9 cm³/mol. The molecular formula is C18H17NO2. The van der Waals surface area contributed by atoms with E-state index in [0.717, 1.165) is 29.7 Å². The number of nitrogens with zero attached hydrogens (tertiary/aromatic N) is 1. The van der Waals surface area contributed by atoms with Crippen molar-refractivity contribution in [2.75, 3.05) is 7.11 Å². The van der Waals surface area contributed by atoms with E-state index in [4.69, 9.17) is 4.74 Å². The number of allylic oxidation sites excluding steroid dienone is 1. The van der Waals surface area contributed by atoms with Crippen LogP contribution in [0.3, 0.4) is 0 Å². The molecule has 0 bridgehead atoms. The van der Waals surface area contributed by atoms with E-state index in [1.165, 1.54) is 18.2 Å². The van der Waals surface area contributed by atoms with Crippen molar-refractivity contribution >= 4 is 17.6 Å². The fraction of sp³-hybridized carbons (Fsp3) is 0.222. The summed E-state index contributed by atoms with van der Waals surface area (Å²) in [6.45, 7) is 2.00. The highest BCUT2D eigenvalue weighted by atomic mass is 16.5. The number of benzene rings is 1. The number of carbonyl (C=O) groups is 1. The Morgan fingerprint density at radius 1 is 1.24 bits per heavy atom. The normalized spacial score (nSPS) is 13.3. The Morgan fingerprint density at radius 2 is 2.10 bits per heavy atom. The monoisotopic (exact) mass is 279 g/mol. The van der Waals surface area contributed by atoms with Crippen LogP contribution < -0.4 is 0 Å². The van der Waals surface area contributed by atoms with Gasteiger partial charge >= 0.3 is 5.97 Å². The van der Waals surface area contributed by atoms with E-state index in [1.807, 2.05) is 31.3 Å². The third-order valence-electron chi connectivity index (χ3n) is 3.86. The lowest BCUT2D eigenvalue weighted by Crippen LogP contribution is -2.09. The molecule has 3 heteroatoms. The summed E-state index contributed by atoms with van der Waals surface area (Å²) in [5.74, 6) is -0.261. The zero-order chi connectivity index (χ0) is 14.8. The summed E-state index contributed by atoms with van der Waals surface area (Å²) in [6.07, 6.45) is 5.78. The smallest absolute Gasteiger partial charge is 0.338 e. The van der Waals surface area contributed by atoms with Gasteiger partial charge in [-0.2, -0.15) is 0 Å². The van der Waals surface area contributed by atoms with Crippen molar-refractivity contribution < 1.29 is 9.53 Å². The number of fused-ring (bicyclic) bond motifs is 1. The molecule has 0 N–H and O–H groups in total. The number of esters is 1. The van der Waals surface area contributed by atoms with Crippen LogP contribution in [0.2, 0.25) is 0 Å². The van der Waals surface area contributed by atoms with Crippen molar-refractivity contribution in [3.8, 4) is 0 Å². The van der Waals surface area contributed by atoms with Gasteiger partial charge in [-0.1, -0.05) is 18.2 Å².